The number of ether oxygens (including phenoxy) is 2. The van der Waals surface area contributed by atoms with Crippen LogP contribution in [0.5, 0.6) is 11.5 Å². The number of carbonyl (C=O) groups excluding carboxylic acids is 2. The molecular formula is C21H26BrNO4S. The third-order valence-electron chi connectivity index (χ3n) is 4.96. The van der Waals surface area contributed by atoms with Crippen LogP contribution < -0.4 is 9.47 Å². The zero-order valence-electron chi connectivity index (χ0n) is 16.3. The van der Waals surface area contributed by atoms with Crippen LogP contribution in [0.1, 0.15) is 51.5 Å². The molecule has 0 unspecified atom stereocenters. The fourth-order valence-electron chi connectivity index (χ4n) is 3.66. The SMILES string of the molecule is CCOc1cc(/C=C2/SC(=O)N(CC3CCCCC3)C2=O)cc(Br)c1OCC. The summed E-state index contributed by atoms with van der Waals surface area (Å²) in [4.78, 5) is 27.1. The van der Waals surface area contributed by atoms with E-state index in [4.69, 9.17) is 9.47 Å². The molecule has 0 aromatic heterocycles. The summed E-state index contributed by atoms with van der Waals surface area (Å²) in [5.74, 6) is 1.51. The van der Waals surface area contributed by atoms with E-state index in [1.165, 1.54) is 24.2 Å². The molecule has 152 valence electrons. The number of halogens is 1. The summed E-state index contributed by atoms with van der Waals surface area (Å²) < 4.78 is 12.1. The number of hydrogen-bond acceptors (Lipinski definition) is 5. The van der Waals surface area contributed by atoms with E-state index in [0.717, 1.165) is 34.6 Å². The number of benzene rings is 1. The van der Waals surface area contributed by atoms with Gasteiger partial charge in [-0.25, -0.2) is 0 Å². The van der Waals surface area contributed by atoms with Crippen LogP contribution in [0, 0.1) is 5.92 Å². The molecule has 2 amide bonds. The largest absolute Gasteiger partial charge is 0.490 e. The first-order valence-electron chi connectivity index (χ1n) is 9.88. The van der Waals surface area contributed by atoms with Crippen molar-refractivity contribution in [2.45, 2.75) is 46.0 Å². The minimum absolute atomic E-state index is 0.170. The molecule has 1 heterocycles. The van der Waals surface area contributed by atoms with Crippen LogP contribution in [-0.4, -0.2) is 35.8 Å². The summed E-state index contributed by atoms with van der Waals surface area (Å²) in [6.45, 7) is 5.40. The normalized spacial score (nSPS) is 19.5. The van der Waals surface area contributed by atoms with Crippen molar-refractivity contribution in [3.8, 4) is 11.5 Å². The van der Waals surface area contributed by atoms with E-state index in [-0.39, 0.29) is 11.1 Å². The Balaban J connectivity index is 1.80. The van der Waals surface area contributed by atoms with Gasteiger partial charge >= 0.3 is 0 Å². The minimum atomic E-state index is -0.191. The molecule has 0 atom stereocenters. The van der Waals surface area contributed by atoms with Gasteiger partial charge in [-0.05, 0) is 84.1 Å². The Hall–Kier alpha value is -1.47. The van der Waals surface area contributed by atoms with E-state index in [1.807, 2.05) is 26.0 Å². The molecule has 5 nitrogen and oxygen atoms in total. The first-order valence-corrected chi connectivity index (χ1v) is 11.5. The summed E-state index contributed by atoms with van der Waals surface area (Å²) in [6, 6.07) is 3.72. The smallest absolute Gasteiger partial charge is 0.293 e. The number of carbonyl (C=O) groups is 2. The summed E-state index contributed by atoms with van der Waals surface area (Å²) in [5.41, 5.74) is 0.793. The first-order chi connectivity index (χ1) is 13.5. The maximum absolute atomic E-state index is 12.8. The molecule has 1 saturated heterocycles. The molecule has 2 fully saturated rings. The van der Waals surface area contributed by atoms with Crippen molar-refractivity contribution in [3.05, 3.63) is 27.1 Å². The van der Waals surface area contributed by atoms with Crippen molar-refractivity contribution in [1.29, 1.82) is 0 Å². The Kier molecular flexibility index (Phi) is 7.46. The zero-order chi connectivity index (χ0) is 20.1. The fraction of sp³-hybridized carbons (Fsp3) is 0.524. The predicted molar refractivity (Wildman–Crippen MR) is 116 cm³/mol. The van der Waals surface area contributed by atoms with Crippen LogP contribution in [0.3, 0.4) is 0 Å². The first kappa shape index (κ1) is 21.2. The molecule has 0 radical (unpaired) electrons. The topological polar surface area (TPSA) is 55.8 Å². The highest BCUT2D eigenvalue weighted by Gasteiger charge is 2.36. The van der Waals surface area contributed by atoms with Crippen molar-refractivity contribution in [3.63, 3.8) is 0 Å². The zero-order valence-corrected chi connectivity index (χ0v) is 18.7. The van der Waals surface area contributed by atoms with Gasteiger partial charge in [0.2, 0.25) is 0 Å². The van der Waals surface area contributed by atoms with Crippen LogP contribution >= 0.6 is 27.7 Å². The van der Waals surface area contributed by atoms with Gasteiger partial charge in [0.1, 0.15) is 0 Å². The number of thioether (sulfide) groups is 1. The van der Waals surface area contributed by atoms with E-state index in [1.54, 1.807) is 6.08 Å². The van der Waals surface area contributed by atoms with Gasteiger partial charge in [0.05, 0.1) is 22.6 Å². The highest BCUT2D eigenvalue weighted by Crippen LogP contribution is 2.39. The quantitative estimate of drug-likeness (QED) is 0.469. The van der Waals surface area contributed by atoms with E-state index in [9.17, 15) is 9.59 Å². The Morgan fingerprint density at radius 2 is 1.86 bits per heavy atom. The molecule has 1 saturated carbocycles. The van der Waals surface area contributed by atoms with E-state index >= 15 is 0 Å². The molecular weight excluding hydrogens is 442 g/mol. The lowest BCUT2D eigenvalue weighted by atomic mass is 9.89. The van der Waals surface area contributed by atoms with E-state index in [2.05, 4.69) is 15.9 Å². The number of hydrogen-bond donors (Lipinski definition) is 0. The van der Waals surface area contributed by atoms with Crippen LogP contribution in [0.15, 0.2) is 21.5 Å². The molecule has 1 aromatic rings. The maximum atomic E-state index is 12.8. The highest BCUT2D eigenvalue weighted by molar-refractivity contribution is 9.10. The third kappa shape index (κ3) is 4.92. The second-order valence-electron chi connectivity index (χ2n) is 6.99. The van der Waals surface area contributed by atoms with Crippen molar-refractivity contribution >= 4 is 44.9 Å². The van der Waals surface area contributed by atoms with Gasteiger partial charge in [-0.2, -0.15) is 0 Å². The van der Waals surface area contributed by atoms with E-state index in [0.29, 0.717) is 42.1 Å². The van der Waals surface area contributed by atoms with Gasteiger partial charge in [-0.15, -0.1) is 0 Å². The lowest BCUT2D eigenvalue weighted by Crippen LogP contribution is -2.34. The van der Waals surface area contributed by atoms with Gasteiger partial charge in [0.25, 0.3) is 11.1 Å². The van der Waals surface area contributed by atoms with Crippen molar-refractivity contribution in [1.82, 2.24) is 4.90 Å². The van der Waals surface area contributed by atoms with Crippen LogP contribution in [-0.2, 0) is 4.79 Å². The van der Waals surface area contributed by atoms with Crippen molar-refractivity contribution in [2.75, 3.05) is 19.8 Å². The average Bonchev–Trinajstić information content (AvgIpc) is 2.93. The summed E-state index contributed by atoms with van der Waals surface area (Å²) in [7, 11) is 0. The number of rotatable bonds is 7. The maximum Gasteiger partial charge on any atom is 0.293 e. The highest BCUT2D eigenvalue weighted by atomic mass is 79.9. The summed E-state index contributed by atoms with van der Waals surface area (Å²) in [5, 5.41) is -0.170. The number of nitrogens with zero attached hydrogens (tertiary/aromatic N) is 1. The third-order valence-corrected chi connectivity index (χ3v) is 6.45. The molecule has 28 heavy (non-hydrogen) atoms. The van der Waals surface area contributed by atoms with Crippen molar-refractivity contribution < 1.29 is 19.1 Å². The molecule has 1 aromatic carbocycles. The molecule has 0 spiro atoms. The number of imide groups is 1. The monoisotopic (exact) mass is 467 g/mol. The number of amides is 2. The van der Waals surface area contributed by atoms with Crippen LogP contribution in [0.25, 0.3) is 6.08 Å². The standard InChI is InChI=1S/C21H26BrNO4S/c1-3-26-17-11-15(10-16(22)19(17)27-4-2)12-18-20(24)23(21(25)28-18)13-14-8-6-5-7-9-14/h10-12,14H,3-9,13H2,1-2H3/b18-12+. The lowest BCUT2D eigenvalue weighted by Gasteiger charge is -2.25. The van der Waals surface area contributed by atoms with Crippen LogP contribution in [0.2, 0.25) is 0 Å². The average molecular weight is 468 g/mol. The Labute approximate surface area is 179 Å². The van der Waals surface area contributed by atoms with E-state index < -0.39 is 0 Å². The summed E-state index contributed by atoms with van der Waals surface area (Å²) >= 11 is 4.54. The Bertz CT molecular complexity index is 774. The molecule has 7 heteroatoms. The van der Waals surface area contributed by atoms with Gasteiger partial charge in [-0.1, -0.05) is 19.3 Å². The summed E-state index contributed by atoms with van der Waals surface area (Å²) in [6.07, 6.45) is 7.60. The second-order valence-corrected chi connectivity index (χ2v) is 8.84. The predicted octanol–water partition coefficient (Wildman–Crippen LogP) is 5.86. The van der Waals surface area contributed by atoms with Gasteiger partial charge in [0, 0.05) is 6.54 Å². The minimum Gasteiger partial charge on any atom is -0.490 e. The lowest BCUT2D eigenvalue weighted by molar-refractivity contribution is -0.123. The van der Waals surface area contributed by atoms with Gasteiger partial charge in [-0.3, -0.25) is 14.5 Å². The second kappa shape index (κ2) is 9.83. The van der Waals surface area contributed by atoms with Crippen LogP contribution in [0.4, 0.5) is 4.79 Å². The molecule has 1 aliphatic heterocycles. The fourth-order valence-corrected chi connectivity index (χ4v) is 5.08. The van der Waals surface area contributed by atoms with Crippen molar-refractivity contribution in [2.24, 2.45) is 5.92 Å². The molecule has 1 aliphatic carbocycles. The molecule has 0 bridgehead atoms. The molecule has 0 N–H and O–H groups in total. The Morgan fingerprint density at radius 1 is 1.14 bits per heavy atom. The molecule has 3 rings (SSSR count). The Morgan fingerprint density at radius 3 is 2.54 bits per heavy atom. The van der Waals surface area contributed by atoms with Gasteiger partial charge in [0.15, 0.2) is 11.5 Å². The van der Waals surface area contributed by atoms with Gasteiger partial charge < -0.3 is 9.47 Å². The molecule has 2 aliphatic rings.